The van der Waals surface area contributed by atoms with Crippen LogP contribution >= 0.6 is 34.3 Å². The first kappa shape index (κ1) is 24.7. The van der Waals surface area contributed by atoms with Crippen LogP contribution in [-0.2, 0) is 9.53 Å². The van der Waals surface area contributed by atoms with Gasteiger partial charge in [0.2, 0.25) is 0 Å². The number of benzene rings is 1. The van der Waals surface area contributed by atoms with Crippen LogP contribution in [0, 0.1) is 11.3 Å². The summed E-state index contributed by atoms with van der Waals surface area (Å²) in [5.74, 6) is 0.0938. The zero-order chi connectivity index (χ0) is 25.1. The quantitative estimate of drug-likeness (QED) is 0.434. The first-order valence-corrected chi connectivity index (χ1v) is 12.6. The summed E-state index contributed by atoms with van der Waals surface area (Å²) in [4.78, 5) is 32.3. The van der Waals surface area contributed by atoms with E-state index in [1.807, 2.05) is 23.6 Å². The lowest BCUT2D eigenvalue weighted by Crippen LogP contribution is -2.39. The van der Waals surface area contributed by atoms with Crippen molar-refractivity contribution in [3.63, 3.8) is 0 Å². The molecule has 2 aromatic heterocycles. The van der Waals surface area contributed by atoms with Gasteiger partial charge in [-0.1, -0.05) is 29.0 Å². The lowest BCUT2D eigenvalue weighted by Gasteiger charge is -2.23. The number of carbonyl (C=O) groups is 1. The van der Waals surface area contributed by atoms with E-state index in [1.54, 1.807) is 32.1 Å². The van der Waals surface area contributed by atoms with Crippen molar-refractivity contribution in [3.8, 4) is 17.6 Å². The van der Waals surface area contributed by atoms with E-state index in [9.17, 15) is 9.59 Å². The van der Waals surface area contributed by atoms with Crippen molar-refractivity contribution in [2.24, 2.45) is 4.99 Å². The summed E-state index contributed by atoms with van der Waals surface area (Å²) >= 11 is 9.03. The minimum absolute atomic E-state index is 0.182. The Balaban J connectivity index is 1.88. The van der Waals surface area contributed by atoms with Crippen LogP contribution in [0.4, 0.5) is 0 Å². The number of thiazole rings is 1. The molecule has 3 heterocycles. The van der Waals surface area contributed by atoms with Gasteiger partial charge >= 0.3 is 5.97 Å². The van der Waals surface area contributed by atoms with E-state index >= 15 is 0 Å². The van der Waals surface area contributed by atoms with Gasteiger partial charge in [0.05, 0.1) is 34.5 Å². The van der Waals surface area contributed by atoms with Crippen molar-refractivity contribution >= 4 is 46.3 Å². The summed E-state index contributed by atoms with van der Waals surface area (Å²) in [5.41, 5.74) is 1.17. The summed E-state index contributed by atoms with van der Waals surface area (Å²) in [6.07, 6.45) is 1.68. The fraction of sp³-hybridized carbons (Fsp3) is 0.250. The number of thiophene rings is 1. The number of carbonyl (C=O) groups excluding carboxylic acids is 1. The van der Waals surface area contributed by atoms with E-state index in [2.05, 4.69) is 4.99 Å². The molecule has 180 valence electrons. The van der Waals surface area contributed by atoms with Gasteiger partial charge in [-0.3, -0.25) is 9.36 Å². The van der Waals surface area contributed by atoms with Crippen molar-refractivity contribution in [1.29, 1.82) is 5.26 Å². The molecule has 0 spiro atoms. The summed E-state index contributed by atoms with van der Waals surface area (Å²) in [6, 6.07) is 8.31. The Kier molecular flexibility index (Phi) is 7.40. The standard InChI is InChI=1S/C24H20ClN3O5S2/c1-4-32-23(30)19-13(2)27-24-28(20(19)17-6-5-9-34-17)22(29)18(35-24)12-14-10-15(25)21(33-8-7-26)16(11-14)31-3/h5-6,9-12,20H,4,8H2,1-3H3/b18-12-/t20-/m0/s1. The molecule has 0 fully saturated rings. The predicted octanol–water partition coefficient (Wildman–Crippen LogP) is 3.42. The van der Waals surface area contributed by atoms with Crippen molar-refractivity contribution in [1.82, 2.24) is 4.57 Å². The Morgan fingerprint density at radius 3 is 2.86 bits per heavy atom. The lowest BCUT2D eigenvalue weighted by atomic mass is 10.0. The molecular weight excluding hydrogens is 510 g/mol. The van der Waals surface area contributed by atoms with Crippen LogP contribution in [0.5, 0.6) is 11.5 Å². The molecule has 0 radical (unpaired) electrons. The summed E-state index contributed by atoms with van der Waals surface area (Å²) < 4.78 is 18.0. The number of fused-ring (bicyclic) bond motifs is 1. The van der Waals surface area contributed by atoms with E-state index in [0.29, 0.717) is 31.9 Å². The van der Waals surface area contributed by atoms with E-state index in [0.717, 1.165) is 4.88 Å². The van der Waals surface area contributed by atoms with Crippen LogP contribution in [-0.4, -0.2) is 30.9 Å². The normalized spacial score (nSPS) is 15.3. The highest BCUT2D eigenvalue weighted by Gasteiger charge is 2.33. The minimum atomic E-state index is -0.632. The zero-order valence-corrected chi connectivity index (χ0v) is 21.4. The molecule has 0 saturated heterocycles. The van der Waals surface area contributed by atoms with Gasteiger partial charge in [-0.25, -0.2) is 9.79 Å². The second-order valence-electron chi connectivity index (χ2n) is 7.30. The molecule has 11 heteroatoms. The average molecular weight is 530 g/mol. The minimum Gasteiger partial charge on any atom is -0.493 e. The molecule has 3 aromatic rings. The van der Waals surface area contributed by atoms with Crippen molar-refractivity contribution < 1.29 is 19.0 Å². The largest absolute Gasteiger partial charge is 0.493 e. The third-order valence-corrected chi connectivity index (χ3v) is 7.35. The first-order valence-electron chi connectivity index (χ1n) is 10.5. The number of nitrogens with zero attached hydrogens (tertiary/aromatic N) is 3. The molecule has 0 aliphatic carbocycles. The van der Waals surface area contributed by atoms with E-state index < -0.39 is 12.0 Å². The van der Waals surface area contributed by atoms with Gasteiger partial charge in [0.25, 0.3) is 5.56 Å². The van der Waals surface area contributed by atoms with Crippen LogP contribution in [0.15, 0.2) is 50.7 Å². The number of hydrogen-bond donors (Lipinski definition) is 0. The molecule has 4 rings (SSSR count). The Bertz CT molecular complexity index is 1530. The lowest BCUT2D eigenvalue weighted by molar-refractivity contribution is -0.139. The maximum atomic E-state index is 13.6. The van der Waals surface area contributed by atoms with E-state index in [1.165, 1.54) is 34.4 Å². The molecular formula is C24H20ClN3O5S2. The predicted molar refractivity (Wildman–Crippen MR) is 134 cm³/mol. The van der Waals surface area contributed by atoms with Crippen LogP contribution in [0.3, 0.4) is 0 Å². The van der Waals surface area contributed by atoms with Crippen LogP contribution in [0.1, 0.15) is 30.3 Å². The summed E-state index contributed by atoms with van der Waals surface area (Å²) in [6.45, 7) is 3.51. The van der Waals surface area contributed by atoms with E-state index in [4.69, 9.17) is 31.1 Å². The Hall–Kier alpha value is -3.39. The van der Waals surface area contributed by atoms with Gasteiger partial charge in [-0.05, 0) is 49.1 Å². The van der Waals surface area contributed by atoms with E-state index in [-0.39, 0.29) is 29.5 Å². The number of ether oxygens (including phenoxy) is 3. The Labute approximate surface area is 213 Å². The molecule has 0 amide bonds. The number of aromatic nitrogens is 1. The summed E-state index contributed by atoms with van der Waals surface area (Å²) in [7, 11) is 1.46. The molecule has 0 N–H and O–H groups in total. The number of halogens is 1. The molecule has 35 heavy (non-hydrogen) atoms. The Morgan fingerprint density at radius 2 is 2.20 bits per heavy atom. The first-order chi connectivity index (χ1) is 16.9. The number of rotatable bonds is 7. The average Bonchev–Trinajstić information content (AvgIpc) is 3.46. The van der Waals surface area contributed by atoms with Crippen LogP contribution in [0.2, 0.25) is 5.02 Å². The van der Waals surface area contributed by atoms with Gasteiger partial charge < -0.3 is 14.2 Å². The van der Waals surface area contributed by atoms with Gasteiger partial charge in [0.15, 0.2) is 22.9 Å². The smallest absolute Gasteiger partial charge is 0.338 e. The zero-order valence-electron chi connectivity index (χ0n) is 19.0. The molecule has 1 atom stereocenters. The van der Waals surface area contributed by atoms with Crippen LogP contribution < -0.4 is 24.4 Å². The number of methoxy groups -OCH3 is 1. The number of nitriles is 1. The van der Waals surface area contributed by atoms with Gasteiger partial charge in [0.1, 0.15) is 12.1 Å². The third kappa shape index (κ3) is 4.75. The SMILES string of the molecule is CCOC(=O)C1=C(C)N=c2s/c(=C\c3cc(Cl)c(OCC#N)c(OC)c3)c(=O)n2[C@H]1c1cccs1. The molecule has 1 aromatic carbocycles. The molecule has 0 saturated carbocycles. The maximum absolute atomic E-state index is 13.6. The fourth-order valence-electron chi connectivity index (χ4n) is 3.73. The van der Waals surface area contributed by atoms with Gasteiger partial charge in [-0.15, -0.1) is 11.3 Å². The highest BCUT2D eigenvalue weighted by Crippen LogP contribution is 2.37. The second kappa shape index (κ2) is 10.5. The van der Waals surface area contributed by atoms with Crippen molar-refractivity contribution in [2.45, 2.75) is 19.9 Å². The van der Waals surface area contributed by atoms with Crippen molar-refractivity contribution in [2.75, 3.05) is 20.3 Å². The topological polar surface area (TPSA) is 103 Å². The number of hydrogen-bond acceptors (Lipinski definition) is 9. The molecule has 0 unspecified atom stereocenters. The monoisotopic (exact) mass is 529 g/mol. The van der Waals surface area contributed by atoms with Crippen molar-refractivity contribution in [3.05, 3.63) is 76.1 Å². The van der Waals surface area contributed by atoms with Gasteiger partial charge in [0, 0.05) is 4.88 Å². The number of allylic oxidation sites excluding steroid dienone is 1. The molecule has 8 nitrogen and oxygen atoms in total. The molecule has 1 aliphatic rings. The van der Waals surface area contributed by atoms with Gasteiger partial charge in [-0.2, -0.15) is 5.26 Å². The molecule has 1 aliphatic heterocycles. The third-order valence-electron chi connectivity index (χ3n) is 5.16. The summed E-state index contributed by atoms with van der Waals surface area (Å²) in [5, 5.41) is 10.9. The highest BCUT2D eigenvalue weighted by atomic mass is 35.5. The maximum Gasteiger partial charge on any atom is 0.338 e. The highest BCUT2D eigenvalue weighted by molar-refractivity contribution is 7.10. The van der Waals surface area contributed by atoms with Crippen LogP contribution in [0.25, 0.3) is 6.08 Å². The Morgan fingerprint density at radius 1 is 1.40 bits per heavy atom. The molecule has 0 bridgehead atoms. The fourth-order valence-corrected chi connectivity index (χ4v) is 5.87. The number of esters is 1. The second-order valence-corrected chi connectivity index (χ2v) is 9.69.